The van der Waals surface area contributed by atoms with E-state index in [4.69, 9.17) is 0 Å². The van der Waals surface area contributed by atoms with Crippen LogP contribution in [0, 0.1) is 5.92 Å². The quantitative estimate of drug-likeness (QED) is 0.869. The number of amides is 3. The first-order chi connectivity index (χ1) is 12.6. The highest BCUT2D eigenvalue weighted by molar-refractivity contribution is 5.92. The smallest absolute Gasteiger partial charge is 0.321 e. The molecule has 0 radical (unpaired) electrons. The number of hydrogen-bond acceptors (Lipinski definition) is 4. The molecular formula is C18H21N5O3. The van der Waals surface area contributed by atoms with Crippen molar-refractivity contribution in [2.75, 3.05) is 31.5 Å². The number of rotatable bonds is 3. The van der Waals surface area contributed by atoms with Gasteiger partial charge >= 0.3 is 6.03 Å². The van der Waals surface area contributed by atoms with E-state index in [1.54, 1.807) is 23.1 Å². The molecule has 2 saturated heterocycles. The van der Waals surface area contributed by atoms with Gasteiger partial charge in [0.1, 0.15) is 0 Å². The molecule has 4 rings (SSSR count). The Bertz CT molecular complexity index is 909. The number of aromatic amines is 1. The lowest BCUT2D eigenvalue weighted by molar-refractivity contribution is -0.128. The topological polar surface area (TPSA) is 98.4 Å². The number of carbonyl (C=O) groups excluding carboxylic acids is 2. The molecule has 2 fully saturated rings. The first kappa shape index (κ1) is 16.6. The number of anilines is 1. The van der Waals surface area contributed by atoms with Gasteiger partial charge in [-0.2, -0.15) is 0 Å². The van der Waals surface area contributed by atoms with Crippen LogP contribution in [-0.4, -0.2) is 57.9 Å². The number of urea groups is 1. The zero-order valence-electron chi connectivity index (χ0n) is 14.4. The molecule has 0 spiro atoms. The zero-order chi connectivity index (χ0) is 18.1. The Balaban J connectivity index is 1.38. The van der Waals surface area contributed by atoms with Gasteiger partial charge in [0, 0.05) is 38.3 Å². The maximum atomic E-state index is 12.5. The summed E-state index contributed by atoms with van der Waals surface area (Å²) in [6, 6.07) is 4.91. The van der Waals surface area contributed by atoms with Gasteiger partial charge < -0.3 is 20.1 Å². The van der Waals surface area contributed by atoms with Crippen LogP contribution in [0.4, 0.5) is 10.5 Å². The third-order valence-electron chi connectivity index (χ3n) is 5.11. The predicted octanol–water partition coefficient (Wildman–Crippen LogP) is 1.40. The van der Waals surface area contributed by atoms with Crippen LogP contribution in [0.2, 0.25) is 0 Å². The molecule has 26 heavy (non-hydrogen) atoms. The van der Waals surface area contributed by atoms with Crippen LogP contribution in [0.5, 0.6) is 0 Å². The second kappa shape index (κ2) is 6.78. The molecule has 1 aromatic carbocycles. The number of nitrogens with one attached hydrogen (secondary N) is 2. The average molecular weight is 355 g/mol. The number of hydrogen-bond donors (Lipinski definition) is 2. The van der Waals surface area contributed by atoms with E-state index < -0.39 is 0 Å². The Labute approximate surface area is 150 Å². The molecule has 0 bridgehead atoms. The monoisotopic (exact) mass is 355 g/mol. The fraction of sp³-hybridized carbons (Fsp3) is 0.444. The van der Waals surface area contributed by atoms with Gasteiger partial charge in [-0.05, 0) is 37.0 Å². The van der Waals surface area contributed by atoms with Crippen molar-refractivity contribution in [2.24, 2.45) is 5.92 Å². The molecule has 2 aromatic rings. The molecule has 8 nitrogen and oxygen atoms in total. The van der Waals surface area contributed by atoms with Crippen molar-refractivity contribution in [1.82, 2.24) is 19.8 Å². The standard InChI is InChI=1S/C18H21N5O3/c24-16-2-1-6-22(16)9-12-5-7-23(10-12)18(26)21-13-3-4-15-14(8-13)17(25)20-11-19-15/h3-4,8,11-12H,1-2,5-7,9-10H2,(H,21,26)(H,19,20,25). The molecule has 1 unspecified atom stereocenters. The number of H-pyrrole nitrogens is 1. The van der Waals surface area contributed by atoms with E-state index in [0.29, 0.717) is 42.0 Å². The molecule has 0 aliphatic carbocycles. The number of likely N-dealkylation sites (tertiary alicyclic amines) is 2. The maximum Gasteiger partial charge on any atom is 0.321 e. The summed E-state index contributed by atoms with van der Waals surface area (Å²) < 4.78 is 0. The average Bonchev–Trinajstić information content (AvgIpc) is 3.26. The van der Waals surface area contributed by atoms with Crippen molar-refractivity contribution in [3.63, 3.8) is 0 Å². The molecule has 8 heteroatoms. The van der Waals surface area contributed by atoms with Crippen molar-refractivity contribution in [1.29, 1.82) is 0 Å². The largest absolute Gasteiger partial charge is 0.342 e. The van der Waals surface area contributed by atoms with Gasteiger partial charge in [-0.1, -0.05) is 0 Å². The molecule has 2 N–H and O–H groups in total. The summed E-state index contributed by atoms with van der Waals surface area (Å²) in [5, 5.41) is 3.29. The van der Waals surface area contributed by atoms with E-state index in [-0.39, 0.29) is 17.5 Å². The normalized spacial score (nSPS) is 20.2. The highest BCUT2D eigenvalue weighted by atomic mass is 16.2. The summed E-state index contributed by atoms with van der Waals surface area (Å²) in [6.07, 6.45) is 3.84. The third-order valence-corrected chi connectivity index (χ3v) is 5.11. The highest BCUT2D eigenvalue weighted by Crippen LogP contribution is 2.22. The second-order valence-electron chi connectivity index (χ2n) is 6.94. The predicted molar refractivity (Wildman–Crippen MR) is 96.9 cm³/mol. The fourth-order valence-electron chi connectivity index (χ4n) is 3.72. The summed E-state index contributed by atoms with van der Waals surface area (Å²) in [7, 11) is 0. The van der Waals surface area contributed by atoms with Gasteiger partial charge in [0.15, 0.2) is 0 Å². The molecule has 1 atom stereocenters. The summed E-state index contributed by atoms with van der Waals surface area (Å²) in [5.74, 6) is 0.550. The Morgan fingerprint density at radius 3 is 3.00 bits per heavy atom. The molecular weight excluding hydrogens is 334 g/mol. The van der Waals surface area contributed by atoms with Crippen molar-refractivity contribution in [3.05, 3.63) is 34.9 Å². The van der Waals surface area contributed by atoms with E-state index in [9.17, 15) is 14.4 Å². The van der Waals surface area contributed by atoms with Crippen LogP contribution in [0.3, 0.4) is 0 Å². The van der Waals surface area contributed by atoms with E-state index in [0.717, 1.165) is 25.9 Å². The van der Waals surface area contributed by atoms with Crippen molar-refractivity contribution >= 4 is 28.5 Å². The summed E-state index contributed by atoms with van der Waals surface area (Å²) in [5.41, 5.74) is 0.921. The van der Waals surface area contributed by atoms with Crippen LogP contribution < -0.4 is 10.9 Å². The van der Waals surface area contributed by atoms with Crippen LogP contribution in [0.15, 0.2) is 29.3 Å². The van der Waals surface area contributed by atoms with Gasteiger partial charge in [0.25, 0.3) is 5.56 Å². The SMILES string of the molecule is O=C1CCCN1CC1CCN(C(=O)Nc2ccc3nc[nH]c(=O)c3c2)C1. The lowest BCUT2D eigenvalue weighted by Crippen LogP contribution is -2.35. The fourth-order valence-corrected chi connectivity index (χ4v) is 3.72. The first-order valence-corrected chi connectivity index (χ1v) is 8.91. The molecule has 2 aliphatic heterocycles. The molecule has 3 amide bonds. The van der Waals surface area contributed by atoms with Crippen LogP contribution in [0.1, 0.15) is 19.3 Å². The van der Waals surface area contributed by atoms with Gasteiger partial charge in [-0.25, -0.2) is 9.78 Å². The first-order valence-electron chi connectivity index (χ1n) is 8.91. The molecule has 3 heterocycles. The Hall–Kier alpha value is -2.90. The van der Waals surface area contributed by atoms with Gasteiger partial charge in [0.05, 0.1) is 17.2 Å². The minimum atomic E-state index is -0.234. The lowest BCUT2D eigenvalue weighted by Gasteiger charge is -2.21. The van der Waals surface area contributed by atoms with Crippen molar-refractivity contribution in [2.45, 2.75) is 19.3 Å². The number of carbonyl (C=O) groups is 2. The van der Waals surface area contributed by atoms with E-state index in [1.165, 1.54) is 6.33 Å². The Morgan fingerprint density at radius 1 is 1.31 bits per heavy atom. The molecule has 1 aromatic heterocycles. The van der Waals surface area contributed by atoms with Gasteiger partial charge in [-0.15, -0.1) is 0 Å². The number of fused-ring (bicyclic) bond motifs is 1. The Morgan fingerprint density at radius 2 is 2.19 bits per heavy atom. The van der Waals surface area contributed by atoms with Crippen LogP contribution in [-0.2, 0) is 4.79 Å². The number of benzene rings is 1. The van der Waals surface area contributed by atoms with Crippen LogP contribution >= 0.6 is 0 Å². The van der Waals surface area contributed by atoms with Gasteiger partial charge in [-0.3, -0.25) is 9.59 Å². The summed E-state index contributed by atoms with van der Waals surface area (Å²) in [6.45, 7) is 2.89. The third kappa shape index (κ3) is 3.26. The summed E-state index contributed by atoms with van der Waals surface area (Å²) >= 11 is 0. The highest BCUT2D eigenvalue weighted by Gasteiger charge is 2.30. The maximum absolute atomic E-state index is 12.5. The van der Waals surface area contributed by atoms with E-state index in [1.807, 2.05) is 4.90 Å². The minimum absolute atomic E-state index is 0.181. The summed E-state index contributed by atoms with van der Waals surface area (Å²) in [4.78, 5) is 46.4. The molecule has 0 saturated carbocycles. The second-order valence-corrected chi connectivity index (χ2v) is 6.94. The van der Waals surface area contributed by atoms with Gasteiger partial charge in [0.2, 0.25) is 5.91 Å². The minimum Gasteiger partial charge on any atom is -0.342 e. The molecule has 136 valence electrons. The van der Waals surface area contributed by atoms with E-state index in [2.05, 4.69) is 15.3 Å². The van der Waals surface area contributed by atoms with Crippen molar-refractivity contribution < 1.29 is 9.59 Å². The molecule has 2 aliphatic rings. The van der Waals surface area contributed by atoms with Crippen molar-refractivity contribution in [3.8, 4) is 0 Å². The Kier molecular flexibility index (Phi) is 4.32. The zero-order valence-corrected chi connectivity index (χ0v) is 14.4. The lowest BCUT2D eigenvalue weighted by atomic mass is 10.1. The van der Waals surface area contributed by atoms with E-state index >= 15 is 0 Å². The number of nitrogens with zero attached hydrogens (tertiary/aromatic N) is 3. The van der Waals surface area contributed by atoms with Crippen LogP contribution in [0.25, 0.3) is 10.9 Å². The number of aromatic nitrogens is 2.